The van der Waals surface area contributed by atoms with Crippen LogP contribution < -0.4 is 15.8 Å². The molecule has 0 aliphatic carbocycles. The van der Waals surface area contributed by atoms with Crippen LogP contribution in [0.2, 0.25) is 0 Å². The van der Waals surface area contributed by atoms with Gasteiger partial charge in [0.25, 0.3) is 0 Å². The number of anilines is 2. The number of nitrogens with one attached hydrogen (secondary N) is 1. The van der Waals surface area contributed by atoms with Crippen molar-refractivity contribution in [1.29, 1.82) is 0 Å². The van der Waals surface area contributed by atoms with Crippen LogP contribution in [0.5, 0.6) is 6.01 Å². The number of ether oxygens (including phenoxy) is 1. The fourth-order valence-corrected chi connectivity index (χ4v) is 0.989. The third-order valence-corrected chi connectivity index (χ3v) is 1.68. The van der Waals surface area contributed by atoms with Gasteiger partial charge >= 0.3 is 6.01 Å². The minimum atomic E-state index is 0.146. The molecule has 1 aromatic rings. The van der Waals surface area contributed by atoms with E-state index in [0.29, 0.717) is 12.6 Å². The summed E-state index contributed by atoms with van der Waals surface area (Å²) in [6.07, 6.45) is 0. The van der Waals surface area contributed by atoms with Crippen LogP contribution in [-0.2, 0) is 0 Å². The van der Waals surface area contributed by atoms with Crippen LogP contribution in [-0.4, -0.2) is 28.1 Å². The van der Waals surface area contributed by atoms with E-state index in [4.69, 9.17) is 10.5 Å². The van der Waals surface area contributed by atoms with Crippen molar-refractivity contribution >= 4 is 11.9 Å². The number of hydrogen-bond donors (Lipinski definition) is 2. The third-order valence-electron chi connectivity index (χ3n) is 1.68. The Morgan fingerprint density at radius 3 is 2.50 bits per heavy atom. The second-order valence-corrected chi connectivity index (χ2v) is 4.65. The van der Waals surface area contributed by atoms with Gasteiger partial charge in [-0.1, -0.05) is 20.8 Å². The normalized spacial score (nSPS) is 11.2. The molecular weight excluding hydrogens is 206 g/mol. The quantitative estimate of drug-likeness (QED) is 0.803. The summed E-state index contributed by atoms with van der Waals surface area (Å²) in [6, 6.07) is 0.256. The van der Waals surface area contributed by atoms with Crippen LogP contribution >= 0.6 is 0 Å². The van der Waals surface area contributed by atoms with Crippen molar-refractivity contribution in [3.8, 4) is 6.01 Å². The Kier molecular flexibility index (Phi) is 3.87. The molecule has 0 saturated carbocycles. The first-order chi connectivity index (χ1) is 7.40. The van der Waals surface area contributed by atoms with Crippen molar-refractivity contribution in [2.75, 3.05) is 24.2 Å². The summed E-state index contributed by atoms with van der Waals surface area (Å²) in [7, 11) is 0. The van der Waals surface area contributed by atoms with E-state index in [-0.39, 0.29) is 17.4 Å². The highest BCUT2D eigenvalue weighted by Crippen LogP contribution is 2.14. The minimum absolute atomic E-state index is 0.146. The highest BCUT2D eigenvalue weighted by Gasteiger charge is 2.11. The number of nitrogen functional groups attached to an aromatic ring is 1. The third kappa shape index (κ3) is 4.29. The smallest absolute Gasteiger partial charge is 0.323 e. The molecule has 1 heterocycles. The second kappa shape index (κ2) is 4.96. The number of rotatable bonds is 4. The standard InChI is InChI=1S/C10H19N5O/c1-5-16-9-14-7(11)13-8(15-9)12-6-10(2,3)4/h5-6H2,1-4H3,(H3,11,12,13,14,15). The van der Waals surface area contributed by atoms with Gasteiger partial charge in [-0.15, -0.1) is 0 Å². The molecule has 0 bridgehead atoms. The largest absolute Gasteiger partial charge is 0.464 e. The molecule has 6 heteroatoms. The first-order valence-corrected chi connectivity index (χ1v) is 5.29. The Morgan fingerprint density at radius 2 is 1.94 bits per heavy atom. The maximum atomic E-state index is 5.55. The summed E-state index contributed by atoms with van der Waals surface area (Å²) >= 11 is 0. The Bertz CT molecular complexity index is 348. The zero-order valence-corrected chi connectivity index (χ0v) is 10.2. The maximum Gasteiger partial charge on any atom is 0.323 e. The topological polar surface area (TPSA) is 86.0 Å². The van der Waals surface area contributed by atoms with Gasteiger partial charge in [0.05, 0.1) is 6.61 Å². The van der Waals surface area contributed by atoms with Gasteiger partial charge in [0.1, 0.15) is 0 Å². The lowest BCUT2D eigenvalue weighted by Crippen LogP contribution is -2.21. The van der Waals surface area contributed by atoms with Crippen LogP contribution in [0.3, 0.4) is 0 Å². The summed E-state index contributed by atoms with van der Waals surface area (Å²) in [5, 5.41) is 3.10. The van der Waals surface area contributed by atoms with Gasteiger partial charge in [0.15, 0.2) is 0 Å². The van der Waals surface area contributed by atoms with Crippen molar-refractivity contribution in [1.82, 2.24) is 15.0 Å². The predicted octanol–water partition coefficient (Wildman–Crippen LogP) is 1.31. The summed E-state index contributed by atoms with van der Waals surface area (Å²) < 4.78 is 5.18. The Hall–Kier alpha value is -1.59. The van der Waals surface area contributed by atoms with Crippen molar-refractivity contribution in [3.05, 3.63) is 0 Å². The number of nitrogens with two attached hydrogens (primary N) is 1. The van der Waals surface area contributed by atoms with Crippen molar-refractivity contribution in [2.45, 2.75) is 27.7 Å². The molecule has 0 radical (unpaired) electrons. The van der Waals surface area contributed by atoms with Crippen LogP contribution in [0.15, 0.2) is 0 Å². The van der Waals surface area contributed by atoms with E-state index in [2.05, 4.69) is 41.0 Å². The second-order valence-electron chi connectivity index (χ2n) is 4.65. The molecule has 0 aliphatic heterocycles. The summed E-state index contributed by atoms with van der Waals surface area (Å²) in [5.74, 6) is 0.612. The number of hydrogen-bond acceptors (Lipinski definition) is 6. The van der Waals surface area contributed by atoms with Crippen LogP contribution in [0.25, 0.3) is 0 Å². The van der Waals surface area contributed by atoms with E-state index >= 15 is 0 Å². The number of aromatic nitrogens is 3. The highest BCUT2D eigenvalue weighted by molar-refractivity contribution is 5.32. The molecular formula is C10H19N5O. The zero-order valence-electron chi connectivity index (χ0n) is 10.2. The molecule has 90 valence electrons. The number of nitrogens with zero attached hydrogens (tertiary/aromatic N) is 3. The predicted molar refractivity (Wildman–Crippen MR) is 63.4 cm³/mol. The summed E-state index contributed by atoms with van der Waals surface area (Å²) in [4.78, 5) is 11.9. The molecule has 0 aliphatic rings. The van der Waals surface area contributed by atoms with E-state index in [1.807, 2.05) is 6.92 Å². The van der Waals surface area contributed by atoms with Crippen molar-refractivity contribution < 1.29 is 4.74 Å². The van der Waals surface area contributed by atoms with Gasteiger partial charge in [-0.3, -0.25) is 0 Å². The molecule has 0 amide bonds. The van der Waals surface area contributed by atoms with Gasteiger partial charge in [0, 0.05) is 6.54 Å². The van der Waals surface area contributed by atoms with Crippen LogP contribution in [0.1, 0.15) is 27.7 Å². The van der Waals surface area contributed by atoms with E-state index in [0.717, 1.165) is 6.54 Å². The fraction of sp³-hybridized carbons (Fsp3) is 0.700. The Balaban J connectivity index is 2.72. The van der Waals surface area contributed by atoms with Gasteiger partial charge in [0.2, 0.25) is 11.9 Å². The van der Waals surface area contributed by atoms with Crippen LogP contribution in [0, 0.1) is 5.41 Å². The molecule has 0 saturated heterocycles. The van der Waals surface area contributed by atoms with E-state index < -0.39 is 0 Å². The lowest BCUT2D eigenvalue weighted by molar-refractivity contribution is 0.312. The Labute approximate surface area is 95.6 Å². The van der Waals surface area contributed by atoms with E-state index in [1.54, 1.807) is 0 Å². The lowest BCUT2D eigenvalue weighted by atomic mass is 9.97. The highest BCUT2D eigenvalue weighted by atomic mass is 16.5. The molecule has 0 atom stereocenters. The molecule has 1 aromatic heterocycles. The Morgan fingerprint density at radius 1 is 1.25 bits per heavy atom. The van der Waals surface area contributed by atoms with Crippen LogP contribution in [0.4, 0.5) is 11.9 Å². The molecule has 6 nitrogen and oxygen atoms in total. The SMILES string of the molecule is CCOc1nc(N)nc(NCC(C)(C)C)n1. The van der Waals surface area contributed by atoms with Crippen molar-refractivity contribution in [2.24, 2.45) is 5.41 Å². The molecule has 1 rings (SSSR count). The zero-order chi connectivity index (χ0) is 12.2. The fourth-order valence-electron chi connectivity index (χ4n) is 0.989. The maximum absolute atomic E-state index is 5.55. The summed E-state index contributed by atoms with van der Waals surface area (Å²) in [5.41, 5.74) is 5.69. The van der Waals surface area contributed by atoms with Crippen molar-refractivity contribution in [3.63, 3.8) is 0 Å². The molecule has 3 N–H and O–H groups in total. The first-order valence-electron chi connectivity index (χ1n) is 5.29. The molecule has 0 fully saturated rings. The molecule has 0 aromatic carbocycles. The summed E-state index contributed by atoms with van der Waals surface area (Å²) in [6.45, 7) is 9.47. The van der Waals surface area contributed by atoms with E-state index in [1.165, 1.54) is 0 Å². The molecule has 0 spiro atoms. The lowest BCUT2D eigenvalue weighted by Gasteiger charge is -2.18. The monoisotopic (exact) mass is 225 g/mol. The van der Waals surface area contributed by atoms with E-state index in [9.17, 15) is 0 Å². The molecule has 0 unspecified atom stereocenters. The average Bonchev–Trinajstić information content (AvgIpc) is 2.13. The minimum Gasteiger partial charge on any atom is -0.464 e. The van der Waals surface area contributed by atoms with Gasteiger partial charge in [-0.2, -0.15) is 15.0 Å². The van der Waals surface area contributed by atoms with Gasteiger partial charge < -0.3 is 15.8 Å². The van der Waals surface area contributed by atoms with Gasteiger partial charge in [-0.25, -0.2) is 0 Å². The average molecular weight is 225 g/mol. The van der Waals surface area contributed by atoms with Gasteiger partial charge in [-0.05, 0) is 12.3 Å². The molecule has 16 heavy (non-hydrogen) atoms. The first kappa shape index (κ1) is 12.5.